The van der Waals surface area contributed by atoms with Gasteiger partial charge in [-0.25, -0.2) is 14.6 Å². The van der Waals surface area contributed by atoms with Crippen LogP contribution in [-0.4, -0.2) is 32.2 Å². The number of fused-ring (bicyclic) bond motifs is 1. The van der Waals surface area contributed by atoms with E-state index in [0.29, 0.717) is 13.0 Å². The second kappa shape index (κ2) is 8.05. The summed E-state index contributed by atoms with van der Waals surface area (Å²) in [5, 5.41) is 2.60. The van der Waals surface area contributed by atoms with Gasteiger partial charge in [0.1, 0.15) is 6.61 Å². The first-order valence-corrected chi connectivity index (χ1v) is 8.17. The summed E-state index contributed by atoms with van der Waals surface area (Å²) in [5.41, 5.74) is 0.231. The van der Waals surface area contributed by atoms with Crippen LogP contribution in [0.4, 0.5) is 4.79 Å². The van der Waals surface area contributed by atoms with Crippen LogP contribution in [0.2, 0.25) is 0 Å². The van der Waals surface area contributed by atoms with E-state index >= 15 is 0 Å². The Labute approximate surface area is 153 Å². The maximum atomic E-state index is 11.7. The quantitative estimate of drug-likeness (QED) is 0.461. The number of nitrogens with zero attached hydrogens (tertiary/aromatic N) is 2. The van der Waals surface area contributed by atoms with E-state index in [1.807, 2.05) is 30.3 Å². The molecule has 0 atom stereocenters. The van der Waals surface area contributed by atoms with Gasteiger partial charge >= 0.3 is 11.8 Å². The molecule has 27 heavy (non-hydrogen) atoms. The number of carbonyl (C=O) groups is 1. The molecule has 1 amide bonds. The lowest BCUT2D eigenvalue weighted by molar-refractivity contribution is 0.140. The SMILES string of the molecule is Cn1c(=O)[nH]c(=O)c2[nH]c(C#CCCNC(=O)OCc3ccccc3)nc21. The van der Waals surface area contributed by atoms with Gasteiger partial charge in [-0.2, -0.15) is 0 Å². The number of rotatable bonds is 4. The summed E-state index contributed by atoms with van der Waals surface area (Å²) >= 11 is 0. The first kappa shape index (κ1) is 18.0. The van der Waals surface area contributed by atoms with Crippen molar-refractivity contribution in [2.24, 2.45) is 7.05 Å². The van der Waals surface area contributed by atoms with E-state index < -0.39 is 17.3 Å². The minimum atomic E-state index is -0.545. The molecule has 2 aromatic heterocycles. The number of hydrogen-bond acceptors (Lipinski definition) is 5. The monoisotopic (exact) mass is 367 g/mol. The minimum Gasteiger partial charge on any atom is -0.445 e. The Morgan fingerprint density at radius 3 is 2.81 bits per heavy atom. The number of benzene rings is 1. The predicted molar refractivity (Wildman–Crippen MR) is 98.1 cm³/mol. The van der Waals surface area contributed by atoms with Gasteiger partial charge in [-0.15, -0.1) is 0 Å². The fourth-order valence-corrected chi connectivity index (χ4v) is 2.31. The van der Waals surface area contributed by atoms with Crippen molar-refractivity contribution in [3.63, 3.8) is 0 Å². The number of ether oxygens (including phenoxy) is 1. The Hall–Kier alpha value is -3.80. The highest BCUT2D eigenvalue weighted by Gasteiger charge is 2.09. The number of hydrogen-bond donors (Lipinski definition) is 3. The molecule has 0 bridgehead atoms. The number of amides is 1. The Morgan fingerprint density at radius 2 is 2.04 bits per heavy atom. The fourth-order valence-electron chi connectivity index (χ4n) is 2.31. The molecule has 0 saturated heterocycles. The third kappa shape index (κ3) is 4.43. The van der Waals surface area contributed by atoms with Crippen molar-refractivity contribution in [2.45, 2.75) is 13.0 Å². The number of nitrogens with one attached hydrogen (secondary N) is 3. The van der Waals surface area contributed by atoms with E-state index in [1.165, 1.54) is 11.6 Å². The largest absolute Gasteiger partial charge is 0.445 e. The molecule has 138 valence electrons. The van der Waals surface area contributed by atoms with Gasteiger partial charge in [-0.3, -0.25) is 14.3 Å². The Kier molecular flexibility index (Phi) is 5.37. The number of alkyl carbamates (subject to hydrolysis) is 1. The Morgan fingerprint density at radius 1 is 1.26 bits per heavy atom. The van der Waals surface area contributed by atoms with Gasteiger partial charge in [-0.05, 0) is 11.5 Å². The first-order valence-electron chi connectivity index (χ1n) is 8.17. The molecule has 2 heterocycles. The second-order valence-electron chi connectivity index (χ2n) is 5.64. The molecule has 3 rings (SSSR count). The van der Waals surface area contributed by atoms with Crippen LogP contribution in [0, 0.1) is 11.8 Å². The summed E-state index contributed by atoms with van der Waals surface area (Å²) in [7, 11) is 1.50. The highest BCUT2D eigenvalue weighted by molar-refractivity contribution is 5.70. The lowest BCUT2D eigenvalue weighted by Crippen LogP contribution is -2.28. The van der Waals surface area contributed by atoms with Gasteiger partial charge in [0.25, 0.3) is 5.56 Å². The van der Waals surface area contributed by atoms with E-state index in [4.69, 9.17) is 4.74 Å². The van der Waals surface area contributed by atoms with Crippen molar-refractivity contribution in [1.29, 1.82) is 0 Å². The van der Waals surface area contributed by atoms with Crippen LogP contribution in [0.5, 0.6) is 0 Å². The number of imidazole rings is 1. The van der Waals surface area contributed by atoms with Crippen LogP contribution in [0.15, 0.2) is 39.9 Å². The number of aryl methyl sites for hydroxylation is 1. The van der Waals surface area contributed by atoms with Crippen LogP contribution < -0.4 is 16.6 Å². The lowest BCUT2D eigenvalue weighted by atomic mass is 10.2. The zero-order valence-electron chi connectivity index (χ0n) is 14.5. The summed E-state index contributed by atoms with van der Waals surface area (Å²) in [6.45, 7) is 0.504. The van der Waals surface area contributed by atoms with Gasteiger partial charge in [0, 0.05) is 20.0 Å². The molecule has 0 saturated carbocycles. The number of aromatic amines is 2. The van der Waals surface area contributed by atoms with E-state index in [1.54, 1.807) is 0 Å². The predicted octanol–water partition coefficient (Wildman–Crippen LogP) is 0.618. The van der Waals surface area contributed by atoms with Crippen molar-refractivity contribution < 1.29 is 9.53 Å². The molecule has 0 aliphatic carbocycles. The fraction of sp³-hybridized carbons (Fsp3) is 0.222. The summed E-state index contributed by atoms with van der Waals surface area (Å²) < 4.78 is 6.31. The smallest absolute Gasteiger partial charge is 0.407 e. The maximum absolute atomic E-state index is 11.7. The highest BCUT2D eigenvalue weighted by Crippen LogP contribution is 2.02. The van der Waals surface area contributed by atoms with Gasteiger partial charge in [-0.1, -0.05) is 36.3 Å². The molecule has 3 aromatic rings. The zero-order chi connectivity index (χ0) is 19.2. The highest BCUT2D eigenvalue weighted by atomic mass is 16.5. The lowest BCUT2D eigenvalue weighted by Gasteiger charge is -2.05. The van der Waals surface area contributed by atoms with Crippen molar-refractivity contribution >= 4 is 17.3 Å². The number of carbonyl (C=O) groups excluding carboxylic acids is 1. The van der Waals surface area contributed by atoms with Crippen LogP contribution >= 0.6 is 0 Å². The van der Waals surface area contributed by atoms with Crippen molar-refractivity contribution in [1.82, 2.24) is 24.8 Å². The Bertz CT molecular complexity index is 1130. The average Bonchev–Trinajstić information content (AvgIpc) is 3.10. The molecular formula is C18H17N5O4. The van der Waals surface area contributed by atoms with Crippen molar-refractivity contribution in [2.75, 3.05) is 6.54 Å². The topological polar surface area (TPSA) is 122 Å². The molecule has 0 spiro atoms. The van der Waals surface area contributed by atoms with Crippen molar-refractivity contribution in [3.05, 3.63) is 62.6 Å². The molecule has 0 aliphatic rings. The molecule has 1 aromatic carbocycles. The van der Waals surface area contributed by atoms with Gasteiger partial charge in [0.2, 0.25) is 0 Å². The zero-order valence-corrected chi connectivity index (χ0v) is 14.5. The first-order chi connectivity index (χ1) is 13.0. The molecule has 9 heteroatoms. The minimum absolute atomic E-state index is 0.184. The summed E-state index contributed by atoms with van der Waals surface area (Å²) in [5.74, 6) is 5.86. The maximum Gasteiger partial charge on any atom is 0.407 e. The average molecular weight is 367 g/mol. The Balaban J connectivity index is 1.51. The normalized spacial score (nSPS) is 10.3. The summed E-state index contributed by atoms with van der Waals surface area (Å²) in [4.78, 5) is 43.9. The van der Waals surface area contributed by atoms with Gasteiger partial charge in [0.15, 0.2) is 17.0 Å². The van der Waals surface area contributed by atoms with Crippen LogP contribution in [-0.2, 0) is 18.4 Å². The van der Waals surface area contributed by atoms with Gasteiger partial charge < -0.3 is 15.0 Å². The van der Waals surface area contributed by atoms with E-state index in [2.05, 4.69) is 32.1 Å². The summed E-state index contributed by atoms with van der Waals surface area (Å²) in [6, 6.07) is 9.37. The van der Waals surface area contributed by atoms with Gasteiger partial charge in [0.05, 0.1) is 0 Å². The van der Waals surface area contributed by atoms with Crippen LogP contribution in [0.3, 0.4) is 0 Å². The molecule has 0 fully saturated rings. The molecule has 3 N–H and O–H groups in total. The van der Waals surface area contributed by atoms with E-state index in [0.717, 1.165) is 5.56 Å². The molecule has 9 nitrogen and oxygen atoms in total. The molecule has 0 radical (unpaired) electrons. The van der Waals surface area contributed by atoms with Crippen molar-refractivity contribution in [3.8, 4) is 11.8 Å². The number of aromatic nitrogens is 4. The number of H-pyrrole nitrogens is 2. The van der Waals surface area contributed by atoms with Crippen LogP contribution in [0.1, 0.15) is 17.8 Å². The summed E-state index contributed by atoms with van der Waals surface area (Å²) in [6.07, 6.45) is -0.154. The van der Waals surface area contributed by atoms with E-state index in [9.17, 15) is 14.4 Å². The third-order valence-corrected chi connectivity index (χ3v) is 3.69. The second-order valence-corrected chi connectivity index (χ2v) is 5.64. The van der Waals surface area contributed by atoms with E-state index in [-0.39, 0.29) is 23.6 Å². The van der Waals surface area contributed by atoms with Crippen LogP contribution in [0.25, 0.3) is 11.2 Å². The molecular weight excluding hydrogens is 350 g/mol. The molecule has 0 aliphatic heterocycles. The standard InChI is InChI=1S/C18H17N5O4/c1-23-15-14(16(24)22-17(23)25)20-13(21-15)9-5-6-10-19-18(26)27-11-12-7-3-2-4-8-12/h2-4,7-8H,6,10-11H2,1H3,(H,19,26)(H,20,21)(H,22,24,25). The molecule has 0 unspecified atom stereocenters. The third-order valence-electron chi connectivity index (χ3n) is 3.69.